The first kappa shape index (κ1) is 24.8. The van der Waals surface area contributed by atoms with E-state index in [1.165, 1.54) is 35.3 Å². The van der Waals surface area contributed by atoms with Crippen LogP contribution in [0, 0.1) is 17.1 Å². The van der Waals surface area contributed by atoms with Crippen LogP contribution < -0.4 is 15.4 Å². The zero-order valence-corrected chi connectivity index (χ0v) is 20.1. The van der Waals surface area contributed by atoms with E-state index in [0.717, 1.165) is 6.07 Å². The van der Waals surface area contributed by atoms with Gasteiger partial charge in [0.2, 0.25) is 0 Å². The number of nitrogens with zero attached hydrogens (tertiary/aromatic N) is 6. The fraction of sp³-hybridized carbons (Fsp3) is 0.130. The number of ether oxygens (including phenoxy) is 1. The van der Waals surface area contributed by atoms with E-state index in [2.05, 4.69) is 30.7 Å². The summed E-state index contributed by atoms with van der Waals surface area (Å²) in [6.45, 7) is 1.56. The van der Waals surface area contributed by atoms with Gasteiger partial charge in [-0.05, 0) is 31.2 Å². The van der Waals surface area contributed by atoms with Crippen molar-refractivity contribution < 1.29 is 13.9 Å². The Morgan fingerprint density at radius 2 is 1.97 bits per heavy atom. The number of hydrogen-bond acceptors (Lipinski definition) is 7. The molecule has 0 unspecified atom stereocenters. The molecule has 1 atom stereocenters. The molecule has 2 aromatic heterocycles. The molecule has 0 saturated heterocycles. The molecule has 2 amide bonds. The van der Waals surface area contributed by atoms with E-state index in [4.69, 9.17) is 33.2 Å². The molecule has 0 bridgehead atoms. The summed E-state index contributed by atoms with van der Waals surface area (Å²) in [4.78, 5) is 25.1. The normalized spacial score (nSPS) is 11.4. The van der Waals surface area contributed by atoms with Gasteiger partial charge in [0.25, 0.3) is 5.95 Å². The molecule has 4 rings (SSSR count). The van der Waals surface area contributed by atoms with Crippen molar-refractivity contribution in [1.82, 2.24) is 30.0 Å². The van der Waals surface area contributed by atoms with Crippen molar-refractivity contribution in [2.45, 2.75) is 19.6 Å². The summed E-state index contributed by atoms with van der Waals surface area (Å²) in [5, 5.41) is 18.7. The first-order valence-electron chi connectivity index (χ1n) is 10.4. The Morgan fingerprint density at radius 3 is 2.69 bits per heavy atom. The Balaban J connectivity index is 1.44. The van der Waals surface area contributed by atoms with E-state index in [-0.39, 0.29) is 39.2 Å². The van der Waals surface area contributed by atoms with Crippen LogP contribution in [-0.2, 0) is 6.61 Å². The van der Waals surface area contributed by atoms with Crippen molar-refractivity contribution in [1.29, 1.82) is 5.26 Å². The van der Waals surface area contributed by atoms with Gasteiger partial charge >= 0.3 is 6.03 Å². The fourth-order valence-electron chi connectivity index (χ4n) is 3.14. The maximum atomic E-state index is 14.2. The third-order valence-corrected chi connectivity index (χ3v) is 5.49. The van der Waals surface area contributed by atoms with Gasteiger partial charge in [-0.3, -0.25) is 0 Å². The van der Waals surface area contributed by atoms with Crippen LogP contribution in [0.3, 0.4) is 0 Å². The number of anilines is 1. The molecule has 182 valence electrons. The summed E-state index contributed by atoms with van der Waals surface area (Å²) in [6.07, 6.45) is 4.46. The molecule has 13 heteroatoms. The highest BCUT2D eigenvalue weighted by atomic mass is 35.5. The largest absolute Gasteiger partial charge is 0.487 e. The number of urea groups is 1. The van der Waals surface area contributed by atoms with Crippen LogP contribution in [0.5, 0.6) is 5.75 Å². The second kappa shape index (κ2) is 11.0. The Labute approximate surface area is 214 Å². The number of amides is 2. The molecular formula is C23H17Cl2FN8O2. The first-order valence-corrected chi connectivity index (χ1v) is 11.2. The average molecular weight is 527 g/mol. The summed E-state index contributed by atoms with van der Waals surface area (Å²) in [5.41, 5.74) is 0.642. The predicted molar refractivity (Wildman–Crippen MR) is 129 cm³/mol. The maximum Gasteiger partial charge on any atom is 0.319 e. The summed E-state index contributed by atoms with van der Waals surface area (Å²) in [5.74, 6) is 0.307. The minimum Gasteiger partial charge on any atom is -0.487 e. The third kappa shape index (κ3) is 5.68. The molecular weight excluding hydrogens is 510 g/mol. The zero-order valence-electron chi connectivity index (χ0n) is 18.6. The Morgan fingerprint density at radius 1 is 1.19 bits per heavy atom. The number of benzene rings is 2. The van der Waals surface area contributed by atoms with Crippen LogP contribution in [0.15, 0.2) is 55.1 Å². The van der Waals surface area contributed by atoms with Gasteiger partial charge in [0.05, 0.1) is 33.4 Å². The number of nitriles is 1. The highest BCUT2D eigenvalue weighted by Gasteiger charge is 2.19. The lowest BCUT2D eigenvalue weighted by Crippen LogP contribution is -2.32. The molecule has 0 aliphatic carbocycles. The van der Waals surface area contributed by atoms with Crippen LogP contribution in [0.2, 0.25) is 10.0 Å². The third-order valence-electron chi connectivity index (χ3n) is 4.89. The highest BCUT2D eigenvalue weighted by Crippen LogP contribution is 2.35. The fourth-order valence-corrected chi connectivity index (χ4v) is 3.63. The van der Waals surface area contributed by atoms with E-state index in [0.29, 0.717) is 11.8 Å². The molecule has 2 heterocycles. The van der Waals surface area contributed by atoms with Gasteiger partial charge in [0.1, 0.15) is 24.5 Å². The average Bonchev–Trinajstić information content (AvgIpc) is 3.36. The highest BCUT2D eigenvalue weighted by molar-refractivity contribution is 6.37. The molecule has 0 aliphatic rings. The number of hydrogen-bond donors (Lipinski definition) is 2. The van der Waals surface area contributed by atoms with Gasteiger partial charge in [0, 0.05) is 24.0 Å². The monoisotopic (exact) mass is 526 g/mol. The van der Waals surface area contributed by atoms with Crippen LogP contribution in [0.4, 0.5) is 14.9 Å². The lowest BCUT2D eigenvalue weighted by Gasteiger charge is -2.16. The Hall–Kier alpha value is -4.27. The Bertz CT molecular complexity index is 1440. The summed E-state index contributed by atoms with van der Waals surface area (Å²) < 4.78 is 21.2. The number of rotatable bonds is 7. The Kier molecular flexibility index (Phi) is 7.58. The molecule has 36 heavy (non-hydrogen) atoms. The van der Waals surface area contributed by atoms with Gasteiger partial charge in [-0.1, -0.05) is 29.3 Å². The lowest BCUT2D eigenvalue weighted by molar-refractivity contribution is 0.248. The smallest absolute Gasteiger partial charge is 0.319 e. The molecule has 0 fully saturated rings. The number of nitrogens with one attached hydrogen (secondary N) is 2. The zero-order chi connectivity index (χ0) is 25.7. The molecule has 0 saturated carbocycles. The minimum atomic E-state index is -0.584. The van der Waals surface area contributed by atoms with Crippen LogP contribution in [-0.4, -0.2) is 30.8 Å². The lowest BCUT2D eigenvalue weighted by atomic mass is 10.1. The van der Waals surface area contributed by atoms with Crippen molar-refractivity contribution >= 4 is 34.9 Å². The van der Waals surface area contributed by atoms with Crippen molar-refractivity contribution in [3.63, 3.8) is 0 Å². The van der Waals surface area contributed by atoms with Crippen molar-refractivity contribution in [3.05, 3.63) is 87.9 Å². The van der Waals surface area contributed by atoms with Crippen molar-refractivity contribution in [3.8, 4) is 17.8 Å². The topological polar surface area (TPSA) is 131 Å². The predicted octanol–water partition coefficient (Wildman–Crippen LogP) is 4.84. The van der Waals surface area contributed by atoms with E-state index in [9.17, 15) is 9.18 Å². The van der Waals surface area contributed by atoms with Gasteiger partial charge in [0.15, 0.2) is 5.82 Å². The van der Waals surface area contributed by atoms with E-state index in [1.807, 2.05) is 6.07 Å². The molecule has 0 radical (unpaired) electrons. The summed E-state index contributed by atoms with van der Waals surface area (Å²) >= 11 is 12.5. The van der Waals surface area contributed by atoms with Crippen molar-refractivity contribution in [2.24, 2.45) is 0 Å². The summed E-state index contributed by atoms with van der Waals surface area (Å²) in [7, 11) is 0. The first-order chi connectivity index (χ1) is 17.4. The quantitative estimate of drug-likeness (QED) is 0.352. The number of carbonyl (C=O) groups excluding carboxylic acids is 1. The minimum absolute atomic E-state index is 0.154. The number of aromatic nitrogens is 5. The number of halogens is 3. The molecule has 10 nitrogen and oxygen atoms in total. The van der Waals surface area contributed by atoms with Gasteiger partial charge in [-0.2, -0.15) is 15.0 Å². The molecule has 2 N–H and O–H groups in total. The molecule has 4 aromatic rings. The summed E-state index contributed by atoms with van der Waals surface area (Å²) in [6, 6.07) is 9.25. The maximum absolute atomic E-state index is 14.2. The van der Waals surface area contributed by atoms with Gasteiger partial charge < -0.3 is 15.4 Å². The second-order valence-corrected chi connectivity index (χ2v) is 8.18. The standard InChI is InChI=1S/C23H17Cl2FN8O2/c1-13(21-30-12-31-34(21)22-28-5-2-6-29-22)32-23(35)33-19-9-20(17(25)8-16(19)24)36-11-15-4-3-14(10-27)7-18(15)26/h2-9,12-13H,11H2,1H3,(H2,32,33,35)/t13-/m0/s1. The van der Waals surface area contributed by atoms with Crippen LogP contribution in [0.25, 0.3) is 5.95 Å². The van der Waals surface area contributed by atoms with E-state index >= 15 is 0 Å². The molecule has 0 aliphatic heterocycles. The SMILES string of the molecule is C[C@H](NC(=O)Nc1cc(OCc2ccc(C#N)cc2F)c(Cl)cc1Cl)c1ncnn1-c1ncccn1. The number of carbonyl (C=O) groups is 1. The van der Waals surface area contributed by atoms with Gasteiger partial charge in [-0.15, -0.1) is 0 Å². The molecule has 2 aromatic carbocycles. The molecule has 0 spiro atoms. The second-order valence-electron chi connectivity index (χ2n) is 7.37. The van der Waals surface area contributed by atoms with Crippen LogP contribution >= 0.6 is 23.2 Å². The van der Waals surface area contributed by atoms with Gasteiger partial charge in [-0.25, -0.2) is 24.1 Å². The van der Waals surface area contributed by atoms with Crippen molar-refractivity contribution in [2.75, 3.05) is 5.32 Å². The van der Waals surface area contributed by atoms with E-state index < -0.39 is 17.9 Å². The van der Waals surface area contributed by atoms with Crippen LogP contribution in [0.1, 0.15) is 29.9 Å². The van der Waals surface area contributed by atoms with E-state index in [1.54, 1.807) is 25.4 Å².